The van der Waals surface area contributed by atoms with Crippen LogP contribution in [0.2, 0.25) is 0 Å². The predicted octanol–water partition coefficient (Wildman–Crippen LogP) is 4.13. The van der Waals surface area contributed by atoms with Crippen LogP contribution in [0.1, 0.15) is 51.3 Å². The van der Waals surface area contributed by atoms with E-state index in [0.29, 0.717) is 0 Å². The Labute approximate surface area is 110 Å². The van der Waals surface area contributed by atoms with Crippen molar-refractivity contribution in [2.24, 2.45) is 5.41 Å². The summed E-state index contributed by atoms with van der Waals surface area (Å²) in [6.07, 6.45) is 0. The number of esters is 1. The standard InChI is InChI=1S/C16H24O2/c1-11-8-12(2)10-13(9-11)16(6,7)18-14(17)15(3,4)5/h8-10H,1-7H3. The summed E-state index contributed by atoms with van der Waals surface area (Å²) in [6.45, 7) is 13.6. The molecule has 0 fully saturated rings. The first-order chi connectivity index (χ1) is 8.02. The summed E-state index contributed by atoms with van der Waals surface area (Å²) >= 11 is 0. The third-order valence-corrected chi connectivity index (χ3v) is 2.88. The molecule has 18 heavy (non-hydrogen) atoms. The summed E-state index contributed by atoms with van der Waals surface area (Å²) in [5, 5.41) is 0. The Bertz CT molecular complexity index is 430. The molecule has 0 atom stereocenters. The van der Waals surface area contributed by atoms with Gasteiger partial charge in [0.15, 0.2) is 0 Å². The van der Waals surface area contributed by atoms with Gasteiger partial charge in [0.2, 0.25) is 0 Å². The van der Waals surface area contributed by atoms with Gasteiger partial charge in [0, 0.05) is 0 Å². The zero-order valence-electron chi connectivity index (χ0n) is 12.5. The van der Waals surface area contributed by atoms with Crippen LogP contribution in [-0.2, 0) is 15.1 Å². The van der Waals surface area contributed by atoms with Gasteiger partial charge < -0.3 is 4.74 Å². The lowest BCUT2D eigenvalue weighted by atomic mass is 9.92. The first-order valence-electron chi connectivity index (χ1n) is 6.34. The van der Waals surface area contributed by atoms with Crippen LogP contribution in [-0.4, -0.2) is 5.97 Å². The zero-order valence-corrected chi connectivity index (χ0v) is 12.5. The van der Waals surface area contributed by atoms with E-state index in [2.05, 4.69) is 32.0 Å². The Hall–Kier alpha value is -1.31. The maximum Gasteiger partial charge on any atom is 0.312 e. The number of hydrogen-bond donors (Lipinski definition) is 0. The highest BCUT2D eigenvalue weighted by Gasteiger charge is 2.31. The van der Waals surface area contributed by atoms with Gasteiger partial charge in [-0.2, -0.15) is 0 Å². The number of hydrogen-bond acceptors (Lipinski definition) is 2. The lowest BCUT2D eigenvalue weighted by molar-refractivity contribution is -0.167. The van der Waals surface area contributed by atoms with Gasteiger partial charge in [0.25, 0.3) is 0 Å². The molecule has 1 aromatic rings. The third kappa shape index (κ3) is 3.59. The molecule has 100 valence electrons. The van der Waals surface area contributed by atoms with E-state index in [1.54, 1.807) is 0 Å². The van der Waals surface area contributed by atoms with E-state index in [1.807, 2.05) is 34.6 Å². The summed E-state index contributed by atoms with van der Waals surface area (Å²) < 4.78 is 5.66. The predicted molar refractivity (Wildman–Crippen MR) is 74.5 cm³/mol. The number of benzene rings is 1. The monoisotopic (exact) mass is 248 g/mol. The van der Waals surface area contributed by atoms with E-state index in [-0.39, 0.29) is 5.97 Å². The van der Waals surface area contributed by atoms with E-state index in [4.69, 9.17) is 4.74 Å². The molecule has 0 bridgehead atoms. The second-order valence-electron chi connectivity index (χ2n) is 6.53. The quantitative estimate of drug-likeness (QED) is 0.736. The maximum atomic E-state index is 12.0. The van der Waals surface area contributed by atoms with Gasteiger partial charge in [0.05, 0.1) is 5.41 Å². The molecule has 0 amide bonds. The Balaban J connectivity index is 3.02. The largest absolute Gasteiger partial charge is 0.454 e. The van der Waals surface area contributed by atoms with Gasteiger partial charge in [-0.15, -0.1) is 0 Å². The number of ether oxygens (including phenoxy) is 1. The molecule has 0 aliphatic rings. The molecule has 0 saturated carbocycles. The molecule has 0 aliphatic heterocycles. The van der Waals surface area contributed by atoms with Gasteiger partial charge in [-0.1, -0.05) is 29.3 Å². The molecule has 1 rings (SSSR count). The normalized spacial score (nSPS) is 12.4. The van der Waals surface area contributed by atoms with Crippen LogP contribution in [0.15, 0.2) is 18.2 Å². The van der Waals surface area contributed by atoms with E-state index in [1.165, 1.54) is 11.1 Å². The van der Waals surface area contributed by atoms with E-state index >= 15 is 0 Å². The van der Waals surface area contributed by atoms with Crippen molar-refractivity contribution in [3.63, 3.8) is 0 Å². The van der Waals surface area contributed by atoms with Gasteiger partial charge in [-0.3, -0.25) is 4.79 Å². The van der Waals surface area contributed by atoms with Crippen molar-refractivity contribution < 1.29 is 9.53 Å². The number of carbonyl (C=O) groups is 1. The lowest BCUT2D eigenvalue weighted by Crippen LogP contribution is -2.32. The smallest absolute Gasteiger partial charge is 0.312 e. The SMILES string of the molecule is Cc1cc(C)cc(C(C)(C)OC(=O)C(C)(C)C)c1. The Morgan fingerprint density at radius 3 is 1.78 bits per heavy atom. The van der Waals surface area contributed by atoms with Crippen molar-refractivity contribution in [1.82, 2.24) is 0 Å². The molecule has 0 heterocycles. The van der Waals surface area contributed by atoms with E-state index in [9.17, 15) is 4.79 Å². The fourth-order valence-electron chi connectivity index (χ4n) is 1.77. The lowest BCUT2D eigenvalue weighted by Gasteiger charge is -2.30. The van der Waals surface area contributed by atoms with Crippen molar-refractivity contribution >= 4 is 5.97 Å². The zero-order chi connectivity index (χ0) is 14.1. The van der Waals surface area contributed by atoms with Crippen molar-refractivity contribution in [3.05, 3.63) is 34.9 Å². The highest BCUT2D eigenvalue weighted by atomic mass is 16.6. The van der Waals surface area contributed by atoms with Crippen LogP contribution in [0.5, 0.6) is 0 Å². The van der Waals surface area contributed by atoms with Crippen molar-refractivity contribution in [3.8, 4) is 0 Å². The summed E-state index contributed by atoms with van der Waals surface area (Å²) in [7, 11) is 0. The fourth-order valence-corrected chi connectivity index (χ4v) is 1.77. The van der Waals surface area contributed by atoms with Crippen molar-refractivity contribution in [2.75, 3.05) is 0 Å². The first kappa shape index (κ1) is 14.7. The highest BCUT2D eigenvalue weighted by Crippen LogP contribution is 2.29. The van der Waals surface area contributed by atoms with E-state index < -0.39 is 11.0 Å². The molecule has 0 radical (unpaired) electrons. The minimum atomic E-state index is -0.596. The minimum absolute atomic E-state index is 0.174. The average Bonchev–Trinajstić information content (AvgIpc) is 2.13. The molecule has 0 spiro atoms. The Morgan fingerprint density at radius 1 is 0.944 bits per heavy atom. The van der Waals surface area contributed by atoms with Crippen molar-refractivity contribution in [2.45, 2.75) is 54.1 Å². The fraction of sp³-hybridized carbons (Fsp3) is 0.562. The summed E-state index contributed by atoms with van der Waals surface area (Å²) in [6, 6.07) is 6.26. The number of carbonyl (C=O) groups excluding carboxylic acids is 1. The number of rotatable bonds is 2. The maximum absolute atomic E-state index is 12.0. The molecule has 2 heteroatoms. The highest BCUT2D eigenvalue weighted by molar-refractivity contribution is 5.76. The summed E-state index contributed by atoms with van der Waals surface area (Å²) in [5.74, 6) is -0.174. The molecular weight excluding hydrogens is 224 g/mol. The van der Waals surface area contributed by atoms with Crippen LogP contribution in [0.3, 0.4) is 0 Å². The Morgan fingerprint density at radius 2 is 1.39 bits per heavy atom. The molecule has 1 aromatic carbocycles. The second-order valence-corrected chi connectivity index (χ2v) is 6.53. The van der Waals surface area contributed by atoms with Gasteiger partial charge in [-0.05, 0) is 54.0 Å². The third-order valence-electron chi connectivity index (χ3n) is 2.88. The molecule has 0 N–H and O–H groups in total. The van der Waals surface area contributed by atoms with Crippen LogP contribution in [0.4, 0.5) is 0 Å². The topological polar surface area (TPSA) is 26.3 Å². The molecule has 0 aromatic heterocycles. The number of aryl methyl sites for hydroxylation is 2. The van der Waals surface area contributed by atoms with Crippen LogP contribution < -0.4 is 0 Å². The first-order valence-corrected chi connectivity index (χ1v) is 6.34. The molecular formula is C16H24O2. The second kappa shape index (κ2) is 4.75. The minimum Gasteiger partial charge on any atom is -0.454 e. The molecule has 0 saturated heterocycles. The van der Waals surface area contributed by atoms with Crippen LogP contribution >= 0.6 is 0 Å². The van der Waals surface area contributed by atoms with Crippen LogP contribution in [0, 0.1) is 19.3 Å². The Kier molecular flexibility index (Phi) is 3.89. The van der Waals surface area contributed by atoms with Crippen LogP contribution in [0.25, 0.3) is 0 Å². The van der Waals surface area contributed by atoms with Gasteiger partial charge >= 0.3 is 5.97 Å². The van der Waals surface area contributed by atoms with Gasteiger partial charge in [-0.25, -0.2) is 0 Å². The van der Waals surface area contributed by atoms with Gasteiger partial charge in [0.1, 0.15) is 5.60 Å². The molecule has 0 unspecified atom stereocenters. The molecule has 0 aliphatic carbocycles. The molecule has 2 nitrogen and oxygen atoms in total. The van der Waals surface area contributed by atoms with Crippen molar-refractivity contribution in [1.29, 1.82) is 0 Å². The summed E-state index contributed by atoms with van der Waals surface area (Å²) in [4.78, 5) is 12.0. The average molecular weight is 248 g/mol. The summed E-state index contributed by atoms with van der Waals surface area (Å²) in [5.41, 5.74) is 2.34. The van der Waals surface area contributed by atoms with E-state index in [0.717, 1.165) is 5.56 Å².